The maximum atomic E-state index is 3.66. The van der Waals surface area contributed by atoms with Gasteiger partial charge in [-0.1, -0.05) is 71.2 Å². The van der Waals surface area contributed by atoms with Crippen molar-refractivity contribution in [3.63, 3.8) is 0 Å². The van der Waals surface area contributed by atoms with Crippen LogP contribution in [0.3, 0.4) is 0 Å². The van der Waals surface area contributed by atoms with E-state index in [1.165, 1.54) is 43.4 Å². The first-order valence-corrected chi connectivity index (χ1v) is 8.27. The van der Waals surface area contributed by atoms with Gasteiger partial charge in [0.2, 0.25) is 0 Å². The standard InChI is InChI=1S/C19H31N/c1-15-7-5-6-8-17(15)14-20-13-16-9-11-18(12-10-16)19(2,3)4/h9-12,15,17,20H,5-8,13-14H2,1-4H3. The molecule has 1 heteroatoms. The molecule has 0 heterocycles. The lowest BCUT2D eigenvalue weighted by Crippen LogP contribution is -2.29. The number of hydrogen-bond acceptors (Lipinski definition) is 1. The molecule has 2 unspecified atom stereocenters. The second-order valence-electron chi connectivity index (χ2n) is 7.60. The van der Waals surface area contributed by atoms with Crippen LogP contribution in [0.15, 0.2) is 24.3 Å². The van der Waals surface area contributed by atoms with Gasteiger partial charge in [-0.05, 0) is 41.3 Å². The summed E-state index contributed by atoms with van der Waals surface area (Å²) < 4.78 is 0. The summed E-state index contributed by atoms with van der Waals surface area (Å²) in [6.45, 7) is 11.4. The molecule has 112 valence electrons. The molecule has 2 rings (SSSR count). The van der Waals surface area contributed by atoms with Crippen LogP contribution in [0.1, 0.15) is 64.5 Å². The highest BCUT2D eigenvalue weighted by molar-refractivity contribution is 5.27. The molecule has 0 bridgehead atoms. The summed E-state index contributed by atoms with van der Waals surface area (Å²) in [5.74, 6) is 1.79. The van der Waals surface area contributed by atoms with Gasteiger partial charge in [0.05, 0.1) is 0 Å². The molecule has 20 heavy (non-hydrogen) atoms. The molecule has 0 radical (unpaired) electrons. The zero-order chi connectivity index (χ0) is 14.6. The van der Waals surface area contributed by atoms with Crippen molar-refractivity contribution in [1.29, 1.82) is 0 Å². The normalized spacial score (nSPS) is 23.8. The van der Waals surface area contributed by atoms with E-state index in [9.17, 15) is 0 Å². The van der Waals surface area contributed by atoms with E-state index in [4.69, 9.17) is 0 Å². The van der Waals surface area contributed by atoms with Crippen LogP contribution < -0.4 is 5.32 Å². The molecule has 1 aromatic rings. The third-order valence-electron chi connectivity index (χ3n) is 4.84. The van der Waals surface area contributed by atoms with Crippen LogP contribution in [0.4, 0.5) is 0 Å². The fourth-order valence-electron chi connectivity index (χ4n) is 3.22. The molecule has 0 amide bonds. The topological polar surface area (TPSA) is 12.0 Å². The second-order valence-corrected chi connectivity index (χ2v) is 7.60. The molecule has 0 aliphatic heterocycles. The van der Waals surface area contributed by atoms with Gasteiger partial charge in [-0.3, -0.25) is 0 Å². The summed E-state index contributed by atoms with van der Waals surface area (Å²) in [7, 11) is 0. The van der Waals surface area contributed by atoms with Crippen molar-refractivity contribution in [2.24, 2.45) is 11.8 Å². The summed E-state index contributed by atoms with van der Waals surface area (Å²) in [5.41, 5.74) is 3.08. The molecule has 1 aliphatic carbocycles. The average Bonchev–Trinajstić information content (AvgIpc) is 2.40. The van der Waals surface area contributed by atoms with Gasteiger partial charge in [0, 0.05) is 6.54 Å². The molecule has 1 fully saturated rings. The molecule has 0 saturated heterocycles. The van der Waals surface area contributed by atoms with Crippen molar-refractivity contribution in [2.45, 2.75) is 65.3 Å². The van der Waals surface area contributed by atoms with Gasteiger partial charge < -0.3 is 5.32 Å². The first-order valence-electron chi connectivity index (χ1n) is 8.27. The number of benzene rings is 1. The van der Waals surface area contributed by atoms with Crippen molar-refractivity contribution < 1.29 is 0 Å². The Balaban J connectivity index is 1.79. The highest BCUT2D eigenvalue weighted by Gasteiger charge is 2.20. The highest BCUT2D eigenvalue weighted by atomic mass is 14.9. The van der Waals surface area contributed by atoms with Crippen molar-refractivity contribution in [3.05, 3.63) is 35.4 Å². The Morgan fingerprint density at radius 2 is 1.70 bits per heavy atom. The van der Waals surface area contributed by atoms with E-state index in [-0.39, 0.29) is 5.41 Å². The van der Waals surface area contributed by atoms with Crippen LogP contribution in [0.25, 0.3) is 0 Å². The first-order chi connectivity index (χ1) is 9.47. The minimum atomic E-state index is 0.253. The Bertz CT molecular complexity index is 399. The van der Waals surface area contributed by atoms with Crippen LogP contribution in [0.2, 0.25) is 0 Å². The van der Waals surface area contributed by atoms with Crippen molar-refractivity contribution >= 4 is 0 Å². The molecule has 1 saturated carbocycles. The van der Waals surface area contributed by atoms with E-state index >= 15 is 0 Å². The molecule has 0 spiro atoms. The minimum Gasteiger partial charge on any atom is -0.312 e. The maximum absolute atomic E-state index is 3.66. The van der Waals surface area contributed by atoms with Crippen LogP contribution in [0, 0.1) is 11.8 Å². The molecular weight excluding hydrogens is 242 g/mol. The summed E-state index contributed by atoms with van der Waals surface area (Å²) in [6, 6.07) is 9.11. The van der Waals surface area contributed by atoms with Gasteiger partial charge in [-0.25, -0.2) is 0 Å². The Hall–Kier alpha value is -0.820. The molecular formula is C19H31N. The summed E-state index contributed by atoms with van der Waals surface area (Å²) in [4.78, 5) is 0. The third-order valence-corrected chi connectivity index (χ3v) is 4.84. The van der Waals surface area contributed by atoms with Gasteiger partial charge in [-0.2, -0.15) is 0 Å². The zero-order valence-corrected chi connectivity index (χ0v) is 13.7. The van der Waals surface area contributed by atoms with Gasteiger partial charge >= 0.3 is 0 Å². The van der Waals surface area contributed by atoms with Gasteiger partial charge in [-0.15, -0.1) is 0 Å². The third kappa shape index (κ3) is 4.34. The van der Waals surface area contributed by atoms with Gasteiger partial charge in [0.25, 0.3) is 0 Å². The molecule has 1 nitrogen and oxygen atoms in total. The Kier molecular flexibility index (Phi) is 5.26. The van der Waals surface area contributed by atoms with Crippen LogP contribution in [-0.2, 0) is 12.0 Å². The van der Waals surface area contributed by atoms with E-state index in [2.05, 4.69) is 57.3 Å². The summed E-state index contributed by atoms with van der Waals surface area (Å²) in [6.07, 6.45) is 5.70. The predicted molar refractivity (Wildman–Crippen MR) is 88.0 cm³/mol. The van der Waals surface area contributed by atoms with Crippen LogP contribution >= 0.6 is 0 Å². The van der Waals surface area contributed by atoms with E-state index in [1.54, 1.807) is 0 Å². The lowest BCUT2D eigenvalue weighted by atomic mass is 9.80. The first kappa shape index (κ1) is 15.6. The fraction of sp³-hybridized carbons (Fsp3) is 0.684. The van der Waals surface area contributed by atoms with E-state index in [0.717, 1.165) is 18.4 Å². The zero-order valence-electron chi connectivity index (χ0n) is 13.7. The monoisotopic (exact) mass is 273 g/mol. The SMILES string of the molecule is CC1CCCCC1CNCc1ccc(C(C)(C)C)cc1. The largest absolute Gasteiger partial charge is 0.312 e. The van der Waals surface area contributed by atoms with Gasteiger partial charge in [0.15, 0.2) is 0 Å². The Labute approximate surface area is 125 Å². The van der Waals surface area contributed by atoms with Crippen molar-refractivity contribution in [1.82, 2.24) is 5.32 Å². The minimum absolute atomic E-state index is 0.253. The van der Waals surface area contributed by atoms with Crippen LogP contribution in [0.5, 0.6) is 0 Å². The molecule has 1 aliphatic rings. The summed E-state index contributed by atoms with van der Waals surface area (Å²) >= 11 is 0. The maximum Gasteiger partial charge on any atom is 0.0205 e. The van der Waals surface area contributed by atoms with E-state index < -0.39 is 0 Å². The number of rotatable bonds is 4. The Morgan fingerprint density at radius 3 is 2.30 bits per heavy atom. The Morgan fingerprint density at radius 1 is 1.05 bits per heavy atom. The van der Waals surface area contributed by atoms with E-state index in [0.29, 0.717) is 0 Å². The highest BCUT2D eigenvalue weighted by Crippen LogP contribution is 2.29. The van der Waals surface area contributed by atoms with Gasteiger partial charge in [0.1, 0.15) is 0 Å². The van der Waals surface area contributed by atoms with Crippen molar-refractivity contribution in [3.8, 4) is 0 Å². The predicted octanol–water partition coefficient (Wildman–Crippen LogP) is 4.90. The molecule has 1 N–H and O–H groups in total. The molecule has 0 aromatic heterocycles. The lowest BCUT2D eigenvalue weighted by molar-refractivity contribution is 0.247. The quantitative estimate of drug-likeness (QED) is 0.822. The lowest BCUT2D eigenvalue weighted by Gasteiger charge is -2.29. The number of hydrogen-bond donors (Lipinski definition) is 1. The molecule has 1 aromatic carbocycles. The fourth-order valence-corrected chi connectivity index (χ4v) is 3.22. The second kappa shape index (κ2) is 6.76. The molecule has 2 atom stereocenters. The van der Waals surface area contributed by atoms with E-state index in [1.807, 2.05) is 0 Å². The van der Waals surface area contributed by atoms with Crippen molar-refractivity contribution in [2.75, 3.05) is 6.54 Å². The summed E-state index contributed by atoms with van der Waals surface area (Å²) in [5, 5.41) is 3.66. The number of nitrogens with one attached hydrogen (secondary N) is 1. The average molecular weight is 273 g/mol. The smallest absolute Gasteiger partial charge is 0.0205 e. The van der Waals surface area contributed by atoms with Crippen LogP contribution in [-0.4, -0.2) is 6.54 Å².